The molecule has 9 heteroatoms. The highest BCUT2D eigenvalue weighted by Gasteiger charge is 2.17. The highest BCUT2D eigenvalue weighted by molar-refractivity contribution is 5.96. The highest BCUT2D eigenvalue weighted by atomic mass is 19.1. The predicted molar refractivity (Wildman–Crippen MR) is 133 cm³/mol. The van der Waals surface area contributed by atoms with Gasteiger partial charge < -0.3 is 10.3 Å². The van der Waals surface area contributed by atoms with Crippen LogP contribution in [0.25, 0.3) is 55.8 Å². The maximum Gasteiger partial charge on any atom is 0.159 e. The second-order valence-electron chi connectivity index (χ2n) is 8.23. The van der Waals surface area contributed by atoms with E-state index in [9.17, 15) is 4.39 Å². The molecule has 0 bridgehead atoms. The van der Waals surface area contributed by atoms with Gasteiger partial charge in [0.1, 0.15) is 11.5 Å². The van der Waals surface area contributed by atoms with Crippen molar-refractivity contribution in [2.75, 3.05) is 6.54 Å². The molecule has 5 aromatic heterocycles. The third kappa shape index (κ3) is 3.91. The first-order chi connectivity index (χ1) is 17.2. The molecule has 0 fully saturated rings. The van der Waals surface area contributed by atoms with Crippen LogP contribution in [-0.4, -0.2) is 41.7 Å². The molecule has 0 radical (unpaired) electrons. The molecule has 3 N–H and O–H groups in total. The van der Waals surface area contributed by atoms with E-state index < -0.39 is 0 Å². The number of pyridine rings is 3. The van der Waals surface area contributed by atoms with Crippen LogP contribution in [0.1, 0.15) is 12.5 Å². The fourth-order valence-electron chi connectivity index (χ4n) is 4.17. The van der Waals surface area contributed by atoms with Gasteiger partial charge in [0.2, 0.25) is 0 Å². The predicted octanol–water partition coefficient (Wildman–Crippen LogP) is 4.87. The smallest absolute Gasteiger partial charge is 0.159 e. The molecule has 35 heavy (non-hydrogen) atoms. The number of aromatic amines is 2. The summed E-state index contributed by atoms with van der Waals surface area (Å²) in [7, 11) is 0. The van der Waals surface area contributed by atoms with Gasteiger partial charge in [-0.1, -0.05) is 19.1 Å². The van der Waals surface area contributed by atoms with E-state index in [2.05, 4.69) is 48.4 Å². The van der Waals surface area contributed by atoms with Gasteiger partial charge in [-0.05, 0) is 41.9 Å². The Bertz CT molecular complexity index is 1670. The monoisotopic (exact) mass is 464 g/mol. The first-order valence-electron chi connectivity index (χ1n) is 11.3. The van der Waals surface area contributed by atoms with Crippen molar-refractivity contribution in [1.29, 1.82) is 0 Å². The molecule has 0 aliphatic rings. The van der Waals surface area contributed by atoms with Gasteiger partial charge in [0, 0.05) is 48.0 Å². The lowest BCUT2D eigenvalue weighted by Crippen LogP contribution is -2.11. The number of fused-ring (bicyclic) bond motifs is 2. The molecule has 0 atom stereocenters. The van der Waals surface area contributed by atoms with Crippen molar-refractivity contribution < 1.29 is 4.39 Å². The Morgan fingerprint density at radius 2 is 1.83 bits per heavy atom. The van der Waals surface area contributed by atoms with E-state index in [1.807, 2.05) is 30.7 Å². The molecule has 0 spiro atoms. The minimum Gasteiger partial charge on any atom is -0.335 e. The van der Waals surface area contributed by atoms with E-state index in [1.165, 1.54) is 12.1 Å². The van der Waals surface area contributed by atoms with Crippen molar-refractivity contribution >= 4 is 22.1 Å². The Hall–Kier alpha value is -4.50. The molecule has 0 unspecified atom stereocenters. The third-order valence-electron chi connectivity index (χ3n) is 5.88. The molecule has 0 saturated heterocycles. The largest absolute Gasteiger partial charge is 0.335 e. The molecule has 0 saturated carbocycles. The Kier molecular flexibility index (Phi) is 5.23. The molecular formula is C26H21FN8. The number of rotatable bonds is 6. The Morgan fingerprint density at radius 1 is 0.943 bits per heavy atom. The number of hydrogen-bond acceptors (Lipinski definition) is 6. The molecule has 8 nitrogen and oxygen atoms in total. The molecule has 6 aromatic rings. The van der Waals surface area contributed by atoms with Crippen LogP contribution in [0, 0.1) is 5.82 Å². The molecule has 0 amide bonds. The zero-order chi connectivity index (χ0) is 23.8. The van der Waals surface area contributed by atoms with Crippen molar-refractivity contribution in [3.63, 3.8) is 0 Å². The summed E-state index contributed by atoms with van der Waals surface area (Å²) < 4.78 is 13.8. The van der Waals surface area contributed by atoms with Gasteiger partial charge in [0.25, 0.3) is 0 Å². The van der Waals surface area contributed by atoms with Crippen LogP contribution >= 0.6 is 0 Å². The topological polar surface area (TPSA) is 108 Å². The summed E-state index contributed by atoms with van der Waals surface area (Å²) in [6.45, 7) is 3.72. The minimum atomic E-state index is -0.309. The SMILES string of the molecule is CCNCc1cncc(-c2cnc3[nH]nc(-c4nc5c(-c6cccc(F)c6)cncc5[nH]4)c3c2)c1. The fourth-order valence-corrected chi connectivity index (χ4v) is 4.17. The average Bonchev–Trinajstić information content (AvgIpc) is 3.51. The molecule has 0 aliphatic heterocycles. The summed E-state index contributed by atoms with van der Waals surface area (Å²) in [6.07, 6.45) is 8.89. The van der Waals surface area contributed by atoms with Crippen molar-refractivity contribution in [3.05, 3.63) is 78.8 Å². The van der Waals surface area contributed by atoms with Gasteiger partial charge in [-0.3, -0.25) is 15.1 Å². The summed E-state index contributed by atoms with van der Waals surface area (Å²) in [4.78, 5) is 21.4. The van der Waals surface area contributed by atoms with Crippen LogP contribution in [0.15, 0.2) is 67.4 Å². The van der Waals surface area contributed by atoms with Crippen molar-refractivity contribution in [1.82, 2.24) is 40.4 Å². The zero-order valence-corrected chi connectivity index (χ0v) is 18.9. The van der Waals surface area contributed by atoms with E-state index in [0.29, 0.717) is 28.2 Å². The molecule has 0 aliphatic carbocycles. The number of nitrogens with zero attached hydrogens (tertiary/aromatic N) is 5. The van der Waals surface area contributed by atoms with E-state index in [4.69, 9.17) is 4.98 Å². The number of H-pyrrole nitrogens is 2. The van der Waals surface area contributed by atoms with Crippen molar-refractivity contribution in [3.8, 4) is 33.8 Å². The first kappa shape index (κ1) is 21.1. The summed E-state index contributed by atoms with van der Waals surface area (Å²) in [5.74, 6) is 0.270. The molecular weight excluding hydrogens is 443 g/mol. The maximum atomic E-state index is 13.8. The van der Waals surface area contributed by atoms with Crippen LogP contribution in [-0.2, 0) is 6.54 Å². The van der Waals surface area contributed by atoms with E-state index in [1.54, 1.807) is 18.5 Å². The standard InChI is InChI=1S/C26H21FN8/c1-2-28-9-15-6-17(11-29-10-15)18-8-20-24(34-35-25(20)31-12-18)26-32-22-14-30-13-21(23(22)33-26)16-4-3-5-19(27)7-16/h3-8,10-14,28H,2,9H2,1H3,(H,32,33)(H,31,34,35). The lowest BCUT2D eigenvalue weighted by molar-refractivity contribution is 0.628. The first-order valence-corrected chi connectivity index (χ1v) is 11.3. The van der Waals surface area contributed by atoms with Gasteiger partial charge in [-0.2, -0.15) is 5.10 Å². The number of halogens is 1. The molecule has 1 aromatic carbocycles. The number of imidazole rings is 1. The zero-order valence-electron chi connectivity index (χ0n) is 18.9. The lowest BCUT2D eigenvalue weighted by atomic mass is 10.1. The second kappa shape index (κ2) is 8.69. The van der Waals surface area contributed by atoms with Crippen LogP contribution in [0.5, 0.6) is 0 Å². The highest BCUT2D eigenvalue weighted by Crippen LogP contribution is 2.32. The average molecular weight is 465 g/mol. The summed E-state index contributed by atoms with van der Waals surface area (Å²) >= 11 is 0. The Labute approximate surface area is 199 Å². The number of nitrogens with one attached hydrogen (secondary N) is 3. The molecule has 6 rings (SSSR count). The summed E-state index contributed by atoms with van der Waals surface area (Å²) in [5, 5.41) is 11.6. The van der Waals surface area contributed by atoms with Crippen LogP contribution in [0.2, 0.25) is 0 Å². The van der Waals surface area contributed by atoms with Crippen LogP contribution in [0.4, 0.5) is 4.39 Å². The van der Waals surface area contributed by atoms with Gasteiger partial charge >= 0.3 is 0 Å². The number of aromatic nitrogens is 7. The Morgan fingerprint density at radius 3 is 2.71 bits per heavy atom. The van der Waals surface area contributed by atoms with Crippen LogP contribution in [0.3, 0.4) is 0 Å². The third-order valence-corrected chi connectivity index (χ3v) is 5.88. The minimum absolute atomic E-state index is 0.309. The van der Waals surface area contributed by atoms with Crippen LogP contribution < -0.4 is 5.32 Å². The summed E-state index contributed by atoms with van der Waals surface area (Å²) in [6, 6.07) is 10.5. The second-order valence-corrected chi connectivity index (χ2v) is 8.23. The van der Waals surface area contributed by atoms with Crippen molar-refractivity contribution in [2.24, 2.45) is 0 Å². The number of benzene rings is 1. The Balaban J connectivity index is 1.44. The number of hydrogen-bond donors (Lipinski definition) is 3. The van der Waals surface area contributed by atoms with Gasteiger partial charge in [0.15, 0.2) is 11.5 Å². The van der Waals surface area contributed by atoms with Gasteiger partial charge in [-0.25, -0.2) is 14.4 Å². The lowest BCUT2D eigenvalue weighted by Gasteiger charge is -2.05. The quantitative estimate of drug-likeness (QED) is 0.324. The van der Waals surface area contributed by atoms with Gasteiger partial charge in [-0.15, -0.1) is 0 Å². The van der Waals surface area contributed by atoms with Crippen molar-refractivity contribution in [2.45, 2.75) is 13.5 Å². The molecule has 5 heterocycles. The van der Waals surface area contributed by atoms with Gasteiger partial charge in [0.05, 0.1) is 22.6 Å². The normalized spacial score (nSPS) is 11.5. The maximum absolute atomic E-state index is 13.8. The fraction of sp³-hybridized carbons (Fsp3) is 0.115. The summed E-state index contributed by atoms with van der Waals surface area (Å²) in [5.41, 5.74) is 7.20. The molecule has 172 valence electrons. The van der Waals surface area contributed by atoms with E-state index >= 15 is 0 Å². The van der Waals surface area contributed by atoms with E-state index in [0.717, 1.165) is 46.2 Å². The van der Waals surface area contributed by atoms with E-state index in [-0.39, 0.29) is 5.82 Å².